The number of methoxy groups -OCH3 is 2. The van der Waals surface area contributed by atoms with Crippen molar-refractivity contribution in [2.45, 2.75) is 5.25 Å². The molecule has 2 aromatic carbocycles. The van der Waals surface area contributed by atoms with Crippen LogP contribution >= 0.6 is 24.0 Å². The lowest BCUT2D eigenvalue weighted by atomic mass is 10.1. The molecule has 0 aliphatic rings. The van der Waals surface area contributed by atoms with Gasteiger partial charge >= 0.3 is 5.97 Å². The minimum absolute atomic E-state index is 0.435. The zero-order valence-electron chi connectivity index (χ0n) is 14.2. The van der Waals surface area contributed by atoms with Gasteiger partial charge in [-0.25, -0.2) is 4.98 Å². The summed E-state index contributed by atoms with van der Waals surface area (Å²) in [4.78, 5) is 16.8. The number of carboxylic acids is 1. The van der Waals surface area contributed by atoms with Crippen molar-refractivity contribution < 1.29 is 19.4 Å². The number of aliphatic carboxylic acids is 1. The molecule has 3 rings (SSSR count). The van der Waals surface area contributed by atoms with E-state index in [-0.39, 0.29) is 0 Å². The first kappa shape index (κ1) is 18.3. The number of hydrogen-bond acceptors (Lipinski definition) is 6. The quantitative estimate of drug-likeness (QED) is 0.607. The molecule has 0 aliphatic heterocycles. The predicted octanol–water partition coefficient (Wildman–Crippen LogP) is 4.55. The summed E-state index contributed by atoms with van der Waals surface area (Å²) in [6.07, 6.45) is 0. The molecule has 26 heavy (non-hydrogen) atoms. The summed E-state index contributed by atoms with van der Waals surface area (Å²) >= 11 is 5.50. The van der Waals surface area contributed by atoms with E-state index in [4.69, 9.17) is 9.47 Å². The van der Waals surface area contributed by atoms with Gasteiger partial charge in [0, 0.05) is 5.56 Å². The third-order valence-electron chi connectivity index (χ3n) is 3.80. The van der Waals surface area contributed by atoms with E-state index in [9.17, 15) is 9.90 Å². The first-order valence-corrected chi connectivity index (χ1v) is 9.08. The van der Waals surface area contributed by atoms with Crippen LogP contribution in [0.4, 0.5) is 0 Å². The van der Waals surface area contributed by atoms with Gasteiger partial charge < -0.3 is 14.6 Å². The van der Waals surface area contributed by atoms with Gasteiger partial charge in [-0.1, -0.05) is 30.3 Å². The first-order valence-electron chi connectivity index (χ1n) is 7.74. The van der Waals surface area contributed by atoms with Crippen molar-refractivity contribution in [3.63, 3.8) is 0 Å². The van der Waals surface area contributed by atoms with E-state index in [2.05, 4.69) is 17.6 Å². The second-order valence-electron chi connectivity index (χ2n) is 5.41. The Labute approximate surface area is 160 Å². The molecule has 0 radical (unpaired) electrons. The number of ether oxygens (including phenoxy) is 2. The number of rotatable bonds is 6. The Morgan fingerprint density at radius 1 is 1.08 bits per heavy atom. The third-order valence-corrected chi connectivity index (χ3v) is 5.61. The van der Waals surface area contributed by atoms with Crippen LogP contribution in [0.25, 0.3) is 21.7 Å². The fourth-order valence-electron chi connectivity index (χ4n) is 2.52. The van der Waals surface area contributed by atoms with Crippen molar-refractivity contribution in [1.29, 1.82) is 0 Å². The Bertz CT molecular complexity index is 925. The van der Waals surface area contributed by atoms with E-state index >= 15 is 0 Å². The molecule has 5 nitrogen and oxygen atoms in total. The standard InChI is InChI=1S/C19H17NO4S2/c1-23-13-9-8-12(10-14(13)24-2)15-17(11-6-4-3-5-7-11)26-18(20-15)16(25)19(21)22/h3-10,16,25H,1-2H3,(H,21,22). The Kier molecular flexibility index (Phi) is 5.49. The van der Waals surface area contributed by atoms with Crippen molar-refractivity contribution in [2.24, 2.45) is 0 Å². The average molecular weight is 387 g/mol. The van der Waals surface area contributed by atoms with Crippen LogP contribution < -0.4 is 9.47 Å². The minimum Gasteiger partial charge on any atom is -0.493 e. The molecule has 7 heteroatoms. The third kappa shape index (κ3) is 3.54. The zero-order chi connectivity index (χ0) is 18.7. The second kappa shape index (κ2) is 7.80. The highest BCUT2D eigenvalue weighted by Crippen LogP contribution is 2.42. The maximum absolute atomic E-state index is 11.3. The summed E-state index contributed by atoms with van der Waals surface area (Å²) in [6, 6.07) is 15.2. The minimum atomic E-state index is -1.03. The molecular weight excluding hydrogens is 370 g/mol. The largest absolute Gasteiger partial charge is 0.493 e. The molecule has 3 aromatic rings. The number of benzene rings is 2. The molecule has 1 heterocycles. The molecular formula is C19H17NO4S2. The summed E-state index contributed by atoms with van der Waals surface area (Å²) in [5.41, 5.74) is 2.47. The van der Waals surface area contributed by atoms with E-state index < -0.39 is 11.2 Å². The summed E-state index contributed by atoms with van der Waals surface area (Å²) in [7, 11) is 3.15. The molecule has 0 saturated heterocycles. The fraction of sp³-hybridized carbons (Fsp3) is 0.158. The summed E-state index contributed by atoms with van der Waals surface area (Å²) < 4.78 is 10.7. The van der Waals surface area contributed by atoms with Gasteiger partial charge in [0.05, 0.1) is 24.8 Å². The molecule has 1 aromatic heterocycles. The van der Waals surface area contributed by atoms with Crippen LogP contribution in [0.2, 0.25) is 0 Å². The van der Waals surface area contributed by atoms with E-state index in [1.165, 1.54) is 11.3 Å². The number of thiol groups is 1. The Morgan fingerprint density at radius 2 is 1.77 bits per heavy atom. The van der Waals surface area contributed by atoms with E-state index in [0.29, 0.717) is 22.2 Å². The van der Waals surface area contributed by atoms with E-state index in [1.807, 2.05) is 42.5 Å². The maximum atomic E-state index is 11.3. The van der Waals surface area contributed by atoms with Crippen molar-refractivity contribution in [3.8, 4) is 33.2 Å². The molecule has 0 bridgehead atoms. The normalized spacial score (nSPS) is 11.8. The summed E-state index contributed by atoms with van der Waals surface area (Å²) in [6.45, 7) is 0. The van der Waals surface area contributed by atoms with Gasteiger partial charge in [0.25, 0.3) is 0 Å². The first-order chi connectivity index (χ1) is 12.5. The smallest absolute Gasteiger partial charge is 0.323 e. The lowest BCUT2D eigenvalue weighted by Crippen LogP contribution is -2.04. The van der Waals surface area contributed by atoms with Crippen molar-refractivity contribution in [1.82, 2.24) is 4.98 Å². The van der Waals surface area contributed by atoms with Crippen molar-refractivity contribution in [2.75, 3.05) is 14.2 Å². The molecule has 134 valence electrons. The van der Waals surface area contributed by atoms with E-state index in [1.54, 1.807) is 20.3 Å². The summed E-state index contributed by atoms with van der Waals surface area (Å²) in [5.74, 6) is 0.172. The molecule has 1 N–H and O–H groups in total. The Balaban J connectivity index is 2.18. The van der Waals surface area contributed by atoms with Crippen molar-refractivity contribution >= 4 is 29.9 Å². The van der Waals surface area contributed by atoms with Crippen LogP contribution in [-0.2, 0) is 4.79 Å². The van der Waals surface area contributed by atoms with Gasteiger partial charge in [-0.05, 0) is 23.8 Å². The second-order valence-corrected chi connectivity index (χ2v) is 6.95. The van der Waals surface area contributed by atoms with Crippen LogP contribution in [0.15, 0.2) is 48.5 Å². The van der Waals surface area contributed by atoms with Gasteiger partial charge in [-0.15, -0.1) is 11.3 Å². The highest BCUT2D eigenvalue weighted by atomic mass is 32.1. The average Bonchev–Trinajstić information content (AvgIpc) is 3.12. The van der Waals surface area contributed by atoms with Gasteiger partial charge in [-0.3, -0.25) is 4.79 Å². The number of hydrogen-bond donors (Lipinski definition) is 2. The Morgan fingerprint density at radius 3 is 2.38 bits per heavy atom. The molecule has 0 fully saturated rings. The molecule has 1 atom stereocenters. The molecule has 0 amide bonds. The van der Waals surface area contributed by atoms with E-state index in [0.717, 1.165) is 16.0 Å². The van der Waals surface area contributed by atoms with Crippen LogP contribution in [0.3, 0.4) is 0 Å². The van der Waals surface area contributed by atoms with Crippen LogP contribution in [0, 0.1) is 0 Å². The van der Waals surface area contributed by atoms with Gasteiger partial charge in [-0.2, -0.15) is 12.6 Å². The molecule has 0 spiro atoms. The monoisotopic (exact) mass is 387 g/mol. The topological polar surface area (TPSA) is 68.7 Å². The van der Waals surface area contributed by atoms with Crippen molar-refractivity contribution in [3.05, 3.63) is 53.5 Å². The number of nitrogens with zero attached hydrogens (tertiary/aromatic N) is 1. The summed E-state index contributed by atoms with van der Waals surface area (Å²) in [5, 5.41) is 8.74. The number of aromatic nitrogens is 1. The van der Waals surface area contributed by atoms with Gasteiger partial charge in [0.1, 0.15) is 5.01 Å². The zero-order valence-corrected chi connectivity index (χ0v) is 15.9. The predicted molar refractivity (Wildman–Crippen MR) is 105 cm³/mol. The van der Waals surface area contributed by atoms with Gasteiger partial charge in [0.15, 0.2) is 16.7 Å². The molecule has 1 unspecified atom stereocenters. The maximum Gasteiger partial charge on any atom is 0.323 e. The number of carbonyl (C=O) groups is 1. The molecule has 0 aliphatic carbocycles. The fourth-order valence-corrected chi connectivity index (χ4v) is 3.81. The number of carboxylic acid groups (broad SMARTS) is 1. The lowest BCUT2D eigenvalue weighted by Gasteiger charge is -2.09. The van der Waals surface area contributed by atoms with Crippen LogP contribution in [-0.4, -0.2) is 30.3 Å². The SMILES string of the molecule is COc1ccc(-c2nc(C(S)C(=O)O)sc2-c2ccccc2)cc1OC. The van der Waals surface area contributed by atoms with Crippen LogP contribution in [0.5, 0.6) is 11.5 Å². The highest BCUT2D eigenvalue weighted by Gasteiger charge is 2.23. The highest BCUT2D eigenvalue weighted by molar-refractivity contribution is 7.81. The molecule has 0 saturated carbocycles. The number of thiazole rings is 1. The van der Waals surface area contributed by atoms with Crippen LogP contribution in [0.1, 0.15) is 10.3 Å². The lowest BCUT2D eigenvalue weighted by molar-refractivity contribution is -0.136. The Hall–Kier alpha value is -2.51. The van der Waals surface area contributed by atoms with Gasteiger partial charge in [0.2, 0.25) is 0 Å².